The molecule has 0 amide bonds. The molecule has 0 bridgehead atoms. The highest BCUT2D eigenvalue weighted by molar-refractivity contribution is 6.04. The molecule has 2 aromatic heterocycles. The molecule has 63 heavy (non-hydrogen) atoms. The molecule has 2 aliphatic rings. The highest BCUT2D eigenvalue weighted by atomic mass is 16.5. The van der Waals surface area contributed by atoms with Gasteiger partial charge in [0.15, 0.2) is 0 Å². The van der Waals surface area contributed by atoms with Gasteiger partial charge in [-0.15, -0.1) is 0 Å². The Morgan fingerprint density at radius 3 is 1.57 bits per heavy atom. The number of hydrogen-bond acceptors (Lipinski definition) is 2. The molecule has 0 saturated heterocycles. The number of imidazole rings is 2. The van der Waals surface area contributed by atoms with Gasteiger partial charge in [0.2, 0.25) is 5.78 Å². The van der Waals surface area contributed by atoms with E-state index in [1.54, 1.807) is 0 Å². The van der Waals surface area contributed by atoms with Crippen molar-refractivity contribution in [3.63, 3.8) is 0 Å². The van der Waals surface area contributed by atoms with Gasteiger partial charge < -0.3 is 4.74 Å². The molecule has 0 spiro atoms. The van der Waals surface area contributed by atoms with Crippen LogP contribution in [-0.4, -0.2) is 14.0 Å². The SMILES string of the molecule is CC(C)(C)c1cc2c(cc1-c1cccc3c1Oc1ccc(-n4c5ccccc5n5c6ccccc6nc45)cc1C(C)(C)C3(C)C)-c1ccccc1-c1ccccc1-c1ccccc1-2. The Morgan fingerprint density at radius 2 is 0.952 bits per heavy atom. The summed E-state index contributed by atoms with van der Waals surface area (Å²) in [6, 6.07) is 62.3. The highest BCUT2D eigenvalue weighted by Gasteiger charge is 2.46. The third-order valence-corrected chi connectivity index (χ3v) is 14.7. The van der Waals surface area contributed by atoms with Crippen molar-refractivity contribution in [2.45, 2.75) is 64.7 Å². The maximum absolute atomic E-state index is 7.45. The fraction of sp³-hybridized carbons (Fsp3) is 0.169. The summed E-state index contributed by atoms with van der Waals surface area (Å²) in [6.45, 7) is 16.6. The van der Waals surface area contributed by atoms with Crippen molar-refractivity contribution >= 4 is 27.8 Å². The molecular weight excluding hydrogens is 767 g/mol. The molecule has 12 rings (SSSR count). The normalized spacial score (nSPS) is 14.7. The van der Waals surface area contributed by atoms with Crippen molar-refractivity contribution in [3.05, 3.63) is 187 Å². The summed E-state index contributed by atoms with van der Waals surface area (Å²) < 4.78 is 12.0. The summed E-state index contributed by atoms with van der Waals surface area (Å²) in [5.74, 6) is 2.70. The van der Waals surface area contributed by atoms with Crippen LogP contribution in [0, 0.1) is 0 Å². The smallest absolute Gasteiger partial charge is 0.220 e. The number of para-hydroxylation sites is 5. The number of hydrogen-bond donors (Lipinski definition) is 0. The lowest BCUT2D eigenvalue weighted by atomic mass is 9.61. The van der Waals surface area contributed by atoms with Crippen molar-refractivity contribution in [1.82, 2.24) is 14.0 Å². The van der Waals surface area contributed by atoms with Crippen LogP contribution in [0.15, 0.2) is 170 Å². The molecule has 0 saturated carbocycles. The summed E-state index contributed by atoms with van der Waals surface area (Å²) >= 11 is 0. The van der Waals surface area contributed by atoms with Crippen LogP contribution < -0.4 is 4.74 Å². The third-order valence-electron chi connectivity index (χ3n) is 14.7. The van der Waals surface area contributed by atoms with E-state index in [9.17, 15) is 0 Å². The predicted octanol–water partition coefficient (Wildman–Crippen LogP) is 15.7. The standard InChI is InChI=1S/C59H49N3O/c1-57(2,3)48-35-45-42-24-13-11-22-40(42)38-20-9-8-19-37(38)39-21-10-12-23-41(39)44(45)34-46(48)43-25-18-26-47-55(43)63-54-32-31-36(33-49(54)59(6,7)58(47,4)5)61-52-29-16-17-30-53(52)62-51-28-15-14-27-50(51)60-56(61)62/h8-35H,1-7H3. The van der Waals surface area contributed by atoms with E-state index in [0.29, 0.717) is 0 Å². The summed E-state index contributed by atoms with van der Waals surface area (Å²) in [7, 11) is 0. The molecule has 0 radical (unpaired) electrons. The van der Waals surface area contributed by atoms with Crippen LogP contribution in [0.4, 0.5) is 0 Å². The zero-order valence-corrected chi connectivity index (χ0v) is 36.9. The number of aromatic nitrogens is 3. The van der Waals surface area contributed by atoms with Gasteiger partial charge >= 0.3 is 0 Å². The first-order chi connectivity index (χ1) is 30.4. The second-order valence-electron chi connectivity index (χ2n) is 19.6. The van der Waals surface area contributed by atoms with Gasteiger partial charge in [0.05, 0.1) is 22.1 Å². The van der Waals surface area contributed by atoms with Crippen molar-refractivity contribution in [3.8, 4) is 72.8 Å². The van der Waals surface area contributed by atoms with Crippen LogP contribution in [-0.2, 0) is 16.2 Å². The number of nitrogens with zero attached hydrogens (tertiary/aromatic N) is 3. The monoisotopic (exact) mass is 815 g/mol. The fourth-order valence-corrected chi connectivity index (χ4v) is 10.7. The zero-order chi connectivity index (χ0) is 43.0. The maximum atomic E-state index is 7.45. The maximum Gasteiger partial charge on any atom is 0.220 e. The molecular formula is C59H49N3O. The largest absolute Gasteiger partial charge is 0.456 e. The van der Waals surface area contributed by atoms with Crippen LogP contribution in [0.5, 0.6) is 11.5 Å². The molecule has 0 unspecified atom stereocenters. The minimum Gasteiger partial charge on any atom is -0.456 e. The summed E-state index contributed by atoms with van der Waals surface area (Å²) in [5.41, 5.74) is 20.4. The van der Waals surface area contributed by atoms with E-state index in [0.717, 1.165) is 56.2 Å². The van der Waals surface area contributed by atoms with Gasteiger partial charge in [-0.3, -0.25) is 8.97 Å². The van der Waals surface area contributed by atoms with Gasteiger partial charge in [-0.25, -0.2) is 4.98 Å². The fourth-order valence-electron chi connectivity index (χ4n) is 10.7. The second kappa shape index (κ2) is 13.2. The minimum absolute atomic E-state index is 0.184. The zero-order valence-electron chi connectivity index (χ0n) is 36.9. The Bertz CT molecular complexity index is 3530. The highest BCUT2D eigenvalue weighted by Crippen LogP contribution is 2.57. The number of rotatable bonds is 2. The Balaban J connectivity index is 1.09. The van der Waals surface area contributed by atoms with Crippen LogP contribution in [0.2, 0.25) is 0 Å². The van der Waals surface area contributed by atoms with Gasteiger partial charge in [-0.05, 0) is 116 Å². The molecule has 306 valence electrons. The lowest BCUT2D eigenvalue weighted by molar-refractivity contribution is 0.306. The van der Waals surface area contributed by atoms with Gasteiger partial charge in [0, 0.05) is 33.2 Å². The summed E-state index contributed by atoms with van der Waals surface area (Å²) in [6.07, 6.45) is 0. The predicted molar refractivity (Wildman–Crippen MR) is 262 cm³/mol. The second-order valence-corrected chi connectivity index (χ2v) is 19.6. The van der Waals surface area contributed by atoms with Crippen molar-refractivity contribution in [2.24, 2.45) is 0 Å². The van der Waals surface area contributed by atoms with Gasteiger partial charge in [-0.2, -0.15) is 0 Å². The Kier molecular flexibility index (Phi) is 7.86. The van der Waals surface area contributed by atoms with Gasteiger partial charge in [-0.1, -0.05) is 164 Å². The molecule has 0 atom stereocenters. The quantitative estimate of drug-likeness (QED) is 0.174. The first-order valence-electron chi connectivity index (χ1n) is 22.2. The van der Waals surface area contributed by atoms with E-state index >= 15 is 0 Å². The van der Waals surface area contributed by atoms with E-state index in [1.807, 2.05) is 0 Å². The summed E-state index contributed by atoms with van der Waals surface area (Å²) in [5, 5.41) is 0. The Morgan fingerprint density at radius 1 is 0.444 bits per heavy atom. The van der Waals surface area contributed by atoms with Crippen LogP contribution in [0.25, 0.3) is 89.2 Å². The van der Waals surface area contributed by atoms with E-state index < -0.39 is 0 Å². The molecule has 10 aromatic rings. The van der Waals surface area contributed by atoms with E-state index in [2.05, 4.69) is 227 Å². The third kappa shape index (κ3) is 5.31. The molecule has 0 N–H and O–H groups in total. The first-order valence-corrected chi connectivity index (χ1v) is 22.2. The van der Waals surface area contributed by atoms with Crippen molar-refractivity contribution in [1.29, 1.82) is 0 Å². The van der Waals surface area contributed by atoms with Crippen molar-refractivity contribution < 1.29 is 4.74 Å². The van der Waals surface area contributed by atoms with E-state index in [4.69, 9.17) is 9.72 Å². The number of ether oxygens (including phenoxy) is 1. The molecule has 1 aliphatic carbocycles. The average molecular weight is 816 g/mol. The lowest BCUT2D eigenvalue weighted by Gasteiger charge is -2.41. The molecule has 4 heteroatoms. The van der Waals surface area contributed by atoms with Crippen LogP contribution in [0.1, 0.15) is 65.2 Å². The Labute approximate surface area is 369 Å². The number of benzene rings is 8. The molecule has 1 aliphatic heterocycles. The molecule has 3 heterocycles. The lowest BCUT2D eigenvalue weighted by Crippen LogP contribution is -2.39. The Hall–Kier alpha value is -7.17. The van der Waals surface area contributed by atoms with Crippen LogP contribution >= 0.6 is 0 Å². The van der Waals surface area contributed by atoms with E-state index in [-0.39, 0.29) is 16.2 Å². The van der Waals surface area contributed by atoms with Crippen molar-refractivity contribution in [2.75, 3.05) is 0 Å². The van der Waals surface area contributed by atoms with Gasteiger partial charge in [0.25, 0.3) is 0 Å². The first kappa shape index (κ1) is 37.6. The molecule has 8 aromatic carbocycles. The molecule has 4 nitrogen and oxygen atoms in total. The van der Waals surface area contributed by atoms with E-state index in [1.165, 1.54) is 61.2 Å². The average Bonchev–Trinajstić information content (AvgIpc) is 3.81. The number of fused-ring (bicyclic) bond motifs is 15. The topological polar surface area (TPSA) is 31.5 Å². The molecule has 0 fully saturated rings. The minimum atomic E-state index is -0.337. The van der Waals surface area contributed by atoms with Gasteiger partial charge in [0.1, 0.15) is 11.5 Å². The van der Waals surface area contributed by atoms with Crippen LogP contribution in [0.3, 0.4) is 0 Å². The summed E-state index contributed by atoms with van der Waals surface area (Å²) in [4.78, 5) is 5.20.